The van der Waals surface area contributed by atoms with Crippen molar-refractivity contribution in [3.63, 3.8) is 0 Å². The summed E-state index contributed by atoms with van der Waals surface area (Å²) in [6, 6.07) is 8.49. The predicted octanol–water partition coefficient (Wildman–Crippen LogP) is 3.84. The summed E-state index contributed by atoms with van der Waals surface area (Å²) in [5.74, 6) is 1.55. The number of piperidine rings is 1. The van der Waals surface area contributed by atoms with E-state index in [1.54, 1.807) is 0 Å². The quantitative estimate of drug-likeness (QED) is 0.377. The lowest BCUT2D eigenvalue weighted by Crippen LogP contribution is -2.47. The zero-order valence-electron chi connectivity index (χ0n) is 18.9. The maximum Gasteiger partial charge on any atom is 0.308 e. The summed E-state index contributed by atoms with van der Waals surface area (Å²) in [6.07, 6.45) is 6.09. The molecule has 2 aliphatic rings. The molecule has 1 saturated heterocycles. The van der Waals surface area contributed by atoms with Crippen LogP contribution in [-0.2, 0) is 16.1 Å². The molecular formula is C24H37ClN4O2. The molecule has 1 aromatic rings. The van der Waals surface area contributed by atoms with Crippen molar-refractivity contribution in [3.05, 3.63) is 34.9 Å². The zero-order chi connectivity index (χ0) is 22.1. The first-order chi connectivity index (χ1) is 15.1. The van der Waals surface area contributed by atoms with Crippen LogP contribution in [0.3, 0.4) is 0 Å². The van der Waals surface area contributed by atoms with E-state index in [9.17, 15) is 4.79 Å². The van der Waals surface area contributed by atoms with E-state index in [-0.39, 0.29) is 11.9 Å². The molecule has 2 N–H and O–H groups in total. The zero-order valence-corrected chi connectivity index (χ0v) is 19.7. The Morgan fingerprint density at radius 3 is 2.52 bits per heavy atom. The molecule has 3 rings (SSSR count). The van der Waals surface area contributed by atoms with Crippen LogP contribution in [0.5, 0.6) is 0 Å². The van der Waals surface area contributed by atoms with Gasteiger partial charge in [0.2, 0.25) is 0 Å². The molecule has 1 saturated carbocycles. The Hall–Kier alpha value is -1.79. The van der Waals surface area contributed by atoms with Crippen LogP contribution in [0.15, 0.2) is 29.3 Å². The van der Waals surface area contributed by atoms with Gasteiger partial charge in [-0.1, -0.05) is 29.8 Å². The van der Waals surface area contributed by atoms with Crippen molar-refractivity contribution >= 4 is 23.5 Å². The Morgan fingerprint density at radius 1 is 1.16 bits per heavy atom. The Bertz CT molecular complexity index is 726. The van der Waals surface area contributed by atoms with Crippen LogP contribution in [0.1, 0.15) is 51.0 Å². The number of guanidine groups is 1. The Morgan fingerprint density at radius 2 is 1.87 bits per heavy atom. The monoisotopic (exact) mass is 448 g/mol. The fourth-order valence-corrected chi connectivity index (χ4v) is 4.77. The molecule has 1 aliphatic carbocycles. The molecule has 0 radical (unpaired) electrons. The maximum absolute atomic E-state index is 11.9. The summed E-state index contributed by atoms with van der Waals surface area (Å²) < 4.78 is 5.17. The predicted molar refractivity (Wildman–Crippen MR) is 126 cm³/mol. The number of nitrogens with one attached hydrogen (secondary N) is 2. The van der Waals surface area contributed by atoms with Gasteiger partial charge in [0.1, 0.15) is 0 Å². The van der Waals surface area contributed by atoms with Crippen molar-refractivity contribution in [3.8, 4) is 0 Å². The average Bonchev–Trinajstić information content (AvgIpc) is 2.79. The number of hydrogen-bond acceptors (Lipinski definition) is 4. The number of rotatable bonds is 7. The number of likely N-dealkylation sites (tertiary alicyclic amines) is 1. The molecule has 1 aromatic carbocycles. The van der Waals surface area contributed by atoms with Crippen molar-refractivity contribution in [2.24, 2.45) is 16.8 Å². The first kappa shape index (κ1) is 23.9. The van der Waals surface area contributed by atoms with Gasteiger partial charge in [-0.05, 0) is 76.1 Å². The van der Waals surface area contributed by atoms with Gasteiger partial charge in [-0.2, -0.15) is 0 Å². The number of esters is 1. The molecule has 31 heavy (non-hydrogen) atoms. The molecule has 0 spiro atoms. The van der Waals surface area contributed by atoms with Crippen LogP contribution in [0, 0.1) is 11.8 Å². The Labute approximate surface area is 191 Å². The Balaban J connectivity index is 1.34. The number of hydrogen-bond donors (Lipinski definition) is 2. The minimum absolute atomic E-state index is 0.0377. The summed E-state index contributed by atoms with van der Waals surface area (Å²) in [7, 11) is 1.83. The Kier molecular flexibility index (Phi) is 9.47. The number of carbonyl (C=O) groups is 1. The van der Waals surface area contributed by atoms with E-state index in [1.807, 2.05) is 26.1 Å². The van der Waals surface area contributed by atoms with Gasteiger partial charge in [0.15, 0.2) is 5.96 Å². The molecular weight excluding hydrogens is 412 g/mol. The van der Waals surface area contributed by atoms with E-state index >= 15 is 0 Å². The summed E-state index contributed by atoms with van der Waals surface area (Å²) in [5.41, 5.74) is 1.21. The standard InChI is InChI=1S/C24H37ClN4O2/c1-3-31-23(30)19-8-10-21(11-9-19)28-24(26-2)27-16-18-12-14-29(15-13-18)17-20-6-4-5-7-22(20)25/h4-7,18-19,21H,3,8-17H2,1-2H3,(H2,26,27,28). The molecule has 1 aliphatic heterocycles. The first-order valence-electron chi connectivity index (χ1n) is 11.7. The third-order valence-corrected chi connectivity index (χ3v) is 6.90. The van der Waals surface area contributed by atoms with Crippen molar-refractivity contribution in [2.45, 2.75) is 58.0 Å². The topological polar surface area (TPSA) is 66.0 Å². The molecule has 172 valence electrons. The maximum atomic E-state index is 11.9. The lowest BCUT2D eigenvalue weighted by atomic mass is 9.86. The second kappa shape index (κ2) is 12.3. The van der Waals surface area contributed by atoms with E-state index in [4.69, 9.17) is 16.3 Å². The molecule has 0 unspecified atom stereocenters. The van der Waals surface area contributed by atoms with Gasteiger partial charge in [0.05, 0.1) is 12.5 Å². The summed E-state index contributed by atoms with van der Waals surface area (Å²) >= 11 is 6.31. The summed E-state index contributed by atoms with van der Waals surface area (Å²) in [4.78, 5) is 18.8. The molecule has 0 aromatic heterocycles. The number of benzene rings is 1. The fraction of sp³-hybridized carbons (Fsp3) is 0.667. The van der Waals surface area contributed by atoms with Gasteiger partial charge >= 0.3 is 5.97 Å². The van der Waals surface area contributed by atoms with Crippen molar-refractivity contribution < 1.29 is 9.53 Å². The van der Waals surface area contributed by atoms with E-state index in [1.165, 1.54) is 18.4 Å². The smallest absolute Gasteiger partial charge is 0.308 e. The second-order valence-electron chi connectivity index (χ2n) is 8.71. The summed E-state index contributed by atoms with van der Waals surface area (Å²) in [5, 5.41) is 7.93. The van der Waals surface area contributed by atoms with Crippen LogP contribution >= 0.6 is 11.6 Å². The highest BCUT2D eigenvalue weighted by Gasteiger charge is 2.28. The van der Waals surface area contributed by atoms with Gasteiger partial charge in [-0.3, -0.25) is 14.7 Å². The highest BCUT2D eigenvalue weighted by molar-refractivity contribution is 6.31. The van der Waals surface area contributed by atoms with Gasteiger partial charge in [-0.15, -0.1) is 0 Å². The van der Waals surface area contributed by atoms with Gasteiger partial charge in [0, 0.05) is 31.2 Å². The molecule has 2 fully saturated rings. The third kappa shape index (κ3) is 7.39. The fourth-order valence-electron chi connectivity index (χ4n) is 4.58. The van der Waals surface area contributed by atoms with Gasteiger partial charge < -0.3 is 15.4 Å². The van der Waals surface area contributed by atoms with E-state index in [0.29, 0.717) is 18.6 Å². The molecule has 1 heterocycles. The largest absolute Gasteiger partial charge is 0.466 e. The SMILES string of the molecule is CCOC(=O)C1CCC(NC(=NC)NCC2CCN(Cc3ccccc3Cl)CC2)CC1. The minimum atomic E-state index is -0.0377. The highest BCUT2D eigenvalue weighted by atomic mass is 35.5. The van der Waals surface area contributed by atoms with Crippen LogP contribution in [-0.4, -0.2) is 56.2 Å². The minimum Gasteiger partial charge on any atom is -0.466 e. The van der Waals surface area contributed by atoms with Crippen LogP contribution in [0.4, 0.5) is 0 Å². The van der Waals surface area contributed by atoms with Crippen molar-refractivity contribution in [2.75, 3.05) is 33.3 Å². The lowest BCUT2D eigenvalue weighted by Gasteiger charge is -2.33. The molecule has 0 amide bonds. The van der Waals surface area contributed by atoms with E-state index in [0.717, 1.165) is 62.8 Å². The lowest BCUT2D eigenvalue weighted by molar-refractivity contribution is -0.149. The van der Waals surface area contributed by atoms with E-state index < -0.39 is 0 Å². The van der Waals surface area contributed by atoms with Gasteiger partial charge in [-0.25, -0.2) is 0 Å². The molecule has 0 atom stereocenters. The second-order valence-corrected chi connectivity index (χ2v) is 9.12. The molecule has 0 bridgehead atoms. The van der Waals surface area contributed by atoms with E-state index in [2.05, 4.69) is 32.7 Å². The van der Waals surface area contributed by atoms with Gasteiger partial charge in [0.25, 0.3) is 0 Å². The number of carbonyl (C=O) groups excluding carboxylic acids is 1. The van der Waals surface area contributed by atoms with Crippen LogP contribution in [0.25, 0.3) is 0 Å². The molecule has 7 heteroatoms. The van der Waals surface area contributed by atoms with Crippen LogP contribution < -0.4 is 10.6 Å². The van der Waals surface area contributed by atoms with Crippen molar-refractivity contribution in [1.82, 2.24) is 15.5 Å². The average molecular weight is 449 g/mol. The third-order valence-electron chi connectivity index (χ3n) is 6.53. The number of ether oxygens (including phenoxy) is 1. The van der Waals surface area contributed by atoms with Crippen LogP contribution in [0.2, 0.25) is 5.02 Å². The molecule has 6 nitrogen and oxygen atoms in total. The number of nitrogens with zero attached hydrogens (tertiary/aromatic N) is 2. The number of aliphatic imine (C=N–C) groups is 1. The first-order valence-corrected chi connectivity index (χ1v) is 12.1. The number of halogens is 1. The highest BCUT2D eigenvalue weighted by Crippen LogP contribution is 2.25. The summed E-state index contributed by atoms with van der Waals surface area (Å²) in [6.45, 7) is 6.40. The van der Waals surface area contributed by atoms with Crippen molar-refractivity contribution in [1.29, 1.82) is 0 Å². The normalized spacial score (nSPS) is 23.4.